The zero-order chi connectivity index (χ0) is 15.7. The summed E-state index contributed by atoms with van der Waals surface area (Å²) >= 11 is 0. The topological polar surface area (TPSA) is 76.1 Å². The number of hydrogen-bond acceptors (Lipinski definition) is 5. The van der Waals surface area contributed by atoms with Gasteiger partial charge in [0.25, 0.3) is 0 Å². The van der Waals surface area contributed by atoms with E-state index in [4.69, 9.17) is 9.84 Å². The first kappa shape index (κ1) is 17.0. The fraction of sp³-hybridized carbons (Fsp3) is 0.467. The van der Waals surface area contributed by atoms with Crippen molar-refractivity contribution >= 4 is 12.1 Å². The van der Waals surface area contributed by atoms with E-state index in [1.165, 1.54) is 19.1 Å². The number of hydrogen-bond donors (Lipinski definition) is 1. The van der Waals surface area contributed by atoms with Crippen LogP contribution >= 0.6 is 0 Å². The maximum atomic E-state index is 12.1. The van der Waals surface area contributed by atoms with E-state index in [1.807, 2.05) is 30.3 Å². The highest BCUT2D eigenvalue weighted by Crippen LogP contribution is 2.11. The molecule has 6 nitrogen and oxygen atoms in total. The smallest absolute Gasteiger partial charge is 0.409 e. The average Bonchev–Trinajstić information content (AvgIpc) is 2.53. The molecule has 1 rings (SSSR count). The summed E-state index contributed by atoms with van der Waals surface area (Å²) in [4.78, 5) is 24.8. The van der Waals surface area contributed by atoms with Crippen molar-refractivity contribution in [2.24, 2.45) is 0 Å². The quantitative estimate of drug-likeness (QED) is 0.773. The van der Waals surface area contributed by atoms with Crippen molar-refractivity contribution in [1.29, 1.82) is 0 Å². The van der Waals surface area contributed by atoms with Crippen LogP contribution < -0.4 is 0 Å². The summed E-state index contributed by atoms with van der Waals surface area (Å²) in [5, 5.41) is 8.90. The van der Waals surface area contributed by atoms with Crippen molar-refractivity contribution in [3.63, 3.8) is 0 Å². The molecular formula is C15H21NO5. The number of esters is 1. The Kier molecular flexibility index (Phi) is 7.25. The Balaban J connectivity index is 2.64. The molecule has 0 radical (unpaired) electrons. The van der Waals surface area contributed by atoms with Crippen LogP contribution in [0, 0.1) is 0 Å². The summed E-state index contributed by atoms with van der Waals surface area (Å²) in [6, 6.07) is 8.51. The fourth-order valence-corrected chi connectivity index (χ4v) is 1.85. The summed E-state index contributed by atoms with van der Waals surface area (Å²) in [6.45, 7) is 0.0851. The molecule has 0 aliphatic heterocycles. The molecule has 1 aromatic rings. The number of aliphatic hydroxyl groups excluding tert-OH is 1. The number of aliphatic hydroxyl groups is 1. The molecule has 0 unspecified atom stereocenters. The normalized spacial score (nSPS) is 11.6. The van der Waals surface area contributed by atoms with Gasteiger partial charge in [-0.05, 0) is 18.4 Å². The number of ether oxygens (including phenoxy) is 2. The largest absolute Gasteiger partial charge is 0.459 e. The van der Waals surface area contributed by atoms with E-state index in [9.17, 15) is 9.59 Å². The van der Waals surface area contributed by atoms with Crippen molar-refractivity contribution in [2.75, 3.05) is 20.8 Å². The van der Waals surface area contributed by atoms with Crippen LogP contribution in [0.3, 0.4) is 0 Å². The van der Waals surface area contributed by atoms with Crippen LogP contribution in [0.5, 0.6) is 0 Å². The standard InChI is InChI=1S/C15H21NO5/c1-16(15(19)20-2)13(9-6-10-17)14(18)21-11-12-7-4-3-5-8-12/h3-5,7-8,13,17H,6,9-11H2,1-2H3/t13-/m0/s1. The van der Waals surface area contributed by atoms with E-state index in [2.05, 4.69) is 4.74 Å². The Morgan fingerprint density at radius 3 is 2.52 bits per heavy atom. The molecule has 0 fully saturated rings. The minimum Gasteiger partial charge on any atom is -0.459 e. The van der Waals surface area contributed by atoms with Gasteiger partial charge in [-0.2, -0.15) is 0 Å². The molecule has 0 saturated carbocycles. The van der Waals surface area contributed by atoms with Crippen LogP contribution in [0.4, 0.5) is 4.79 Å². The molecule has 21 heavy (non-hydrogen) atoms. The summed E-state index contributed by atoms with van der Waals surface area (Å²) in [5.41, 5.74) is 0.868. The number of carbonyl (C=O) groups excluding carboxylic acids is 2. The van der Waals surface area contributed by atoms with Gasteiger partial charge in [-0.1, -0.05) is 30.3 Å². The average molecular weight is 295 g/mol. The molecule has 1 amide bonds. The molecule has 0 spiro atoms. The number of rotatable bonds is 7. The number of nitrogens with zero attached hydrogens (tertiary/aromatic N) is 1. The molecule has 0 saturated heterocycles. The highest BCUT2D eigenvalue weighted by Gasteiger charge is 2.28. The Bertz CT molecular complexity index is 449. The molecule has 0 aliphatic rings. The van der Waals surface area contributed by atoms with E-state index in [0.29, 0.717) is 12.8 Å². The lowest BCUT2D eigenvalue weighted by Crippen LogP contribution is -2.43. The van der Waals surface area contributed by atoms with Gasteiger partial charge in [-0.3, -0.25) is 4.90 Å². The lowest BCUT2D eigenvalue weighted by Gasteiger charge is -2.25. The minimum absolute atomic E-state index is 0.0581. The highest BCUT2D eigenvalue weighted by atomic mass is 16.6. The molecule has 1 aromatic carbocycles. The Hall–Kier alpha value is -2.08. The third kappa shape index (κ3) is 5.43. The summed E-state index contributed by atoms with van der Waals surface area (Å²) in [7, 11) is 2.72. The van der Waals surface area contributed by atoms with Crippen molar-refractivity contribution in [3.8, 4) is 0 Å². The van der Waals surface area contributed by atoms with E-state index in [-0.39, 0.29) is 13.2 Å². The lowest BCUT2D eigenvalue weighted by molar-refractivity contribution is -0.150. The predicted molar refractivity (Wildman–Crippen MR) is 76.5 cm³/mol. The molecule has 1 N–H and O–H groups in total. The van der Waals surface area contributed by atoms with Crippen LogP contribution in [0.15, 0.2) is 30.3 Å². The molecule has 116 valence electrons. The number of methoxy groups -OCH3 is 1. The predicted octanol–water partition coefficient (Wildman–Crippen LogP) is 1.57. The minimum atomic E-state index is -0.770. The Morgan fingerprint density at radius 1 is 1.29 bits per heavy atom. The third-order valence-electron chi connectivity index (χ3n) is 3.06. The van der Waals surface area contributed by atoms with Gasteiger partial charge in [0.2, 0.25) is 0 Å². The van der Waals surface area contributed by atoms with E-state index < -0.39 is 18.1 Å². The fourth-order valence-electron chi connectivity index (χ4n) is 1.85. The van der Waals surface area contributed by atoms with Gasteiger partial charge in [0.1, 0.15) is 12.6 Å². The van der Waals surface area contributed by atoms with E-state index in [0.717, 1.165) is 5.56 Å². The van der Waals surface area contributed by atoms with Crippen LogP contribution in [0.1, 0.15) is 18.4 Å². The second-order valence-electron chi connectivity index (χ2n) is 4.56. The van der Waals surface area contributed by atoms with Crippen LogP contribution in [-0.2, 0) is 20.9 Å². The van der Waals surface area contributed by atoms with Gasteiger partial charge >= 0.3 is 12.1 Å². The Morgan fingerprint density at radius 2 is 1.95 bits per heavy atom. The molecule has 0 aliphatic carbocycles. The van der Waals surface area contributed by atoms with Crippen molar-refractivity contribution in [1.82, 2.24) is 4.90 Å². The number of carbonyl (C=O) groups is 2. The molecule has 1 atom stereocenters. The van der Waals surface area contributed by atoms with Gasteiger partial charge in [0.15, 0.2) is 0 Å². The van der Waals surface area contributed by atoms with Crippen LogP contribution in [0.25, 0.3) is 0 Å². The number of likely N-dealkylation sites (N-methyl/N-ethyl adjacent to an activating group) is 1. The molecule has 6 heteroatoms. The van der Waals surface area contributed by atoms with E-state index in [1.54, 1.807) is 0 Å². The molecule has 0 heterocycles. The van der Waals surface area contributed by atoms with Gasteiger partial charge < -0.3 is 14.6 Å². The second-order valence-corrected chi connectivity index (χ2v) is 4.56. The first-order valence-electron chi connectivity index (χ1n) is 6.72. The van der Waals surface area contributed by atoms with Crippen molar-refractivity contribution < 1.29 is 24.2 Å². The van der Waals surface area contributed by atoms with Gasteiger partial charge in [0.05, 0.1) is 7.11 Å². The van der Waals surface area contributed by atoms with Crippen LogP contribution in [0.2, 0.25) is 0 Å². The maximum absolute atomic E-state index is 12.1. The zero-order valence-corrected chi connectivity index (χ0v) is 12.3. The monoisotopic (exact) mass is 295 g/mol. The highest BCUT2D eigenvalue weighted by molar-refractivity contribution is 5.81. The summed E-state index contributed by atoms with van der Waals surface area (Å²) < 4.78 is 9.84. The molecule has 0 bridgehead atoms. The lowest BCUT2D eigenvalue weighted by atomic mass is 10.1. The van der Waals surface area contributed by atoms with Gasteiger partial charge in [-0.15, -0.1) is 0 Å². The first-order valence-corrected chi connectivity index (χ1v) is 6.72. The zero-order valence-electron chi connectivity index (χ0n) is 12.3. The van der Waals surface area contributed by atoms with Gasteiger partial charge in [-0.25, -0.2) is 9.59 Å². The Labute approximate surface area is 124 Å². The van der Waals surface area contributed by atoms with Crippen molar-refractivity contribution in [3.05, 3.63) is 35.9 Å². The second kappa shape index (κ2) is 8.97. The van der Waals surface area contributed by atoms with Crippen molar-refractivity contribution in [2.45, 2.75) is 25.5 Å². The van der Waals surface area contributed by atoms with E-state index >= 15 is 0 Å². The summed E-state index contributed by atoms with van der Waals surface area (Å²) in [5.74, 6) is -0.514. The number of benzene rings is 1. The molecule has 0 aromatic heterocycles. The SMILES string of the molecule is COC(=O)N(C)[C@@H](CCCO)C(=O)OCc1ccccc1. The summed E-state index contributed by atoms with van der Waals surface area (Å²) in [6.07, 6.45) is 0.0944. The van der Waals surface area contributed by atoms with Gasteiger partial charge in [0, 0.05) is 13.7 Å². The third-order valence-corrected chi connectivity index (χ3v) is 3.06. The van der Waals surface area contributed by atoms with Crippen LogP contribution in [-0.4, -0.2) is 48.9 Å². The molecular weight excluding hydrogens is 274 g/mol. The first-order chi connectivity index (χ1) is 10.1. The number of amides is 1. The maximum Gasteiger partial charge on any atom is 0.409 e.